The molecule has 0 spiro atoms. The van der Waals surface area contributed by atoms with Crippen molar-refractivity contribution in [3.8, 4) is 6.07 Å². The Morgan fingerprint density at radius 3 is 2.45 bits per heavy atom. The van der Waals surface area contributed by atoms with Crippen molar-refractivity contribution in [2.24, 2.45) is 0 Å². The van der Waals surface area contributed by atoms with E-state index in [1.54, 1.807) is 11.1 Å². The first-order valence-corrected chi connectivity index (χ1v) is 7.40. The maximum atomic E-state index is 12.0. The molecule has 0 aliphatic carbocycles. The lowest BCUT2D eigenvalue weighted by molar-refractivity contribution is 0.0240. The number of anilines is 1. The minimum Gasteiger partial charge on any atom is -0.444 e. The highest BCUT2D eigenvalue weighted by atomic mass is 16.6. The Morgan fingerprint density at radius 2 is 1.95 bits per heavy atom. The van der Waals surface area contributed by atoms with Crippen molar-refractivity contribution >= 4 is 11.9 Å². The second-order valence-electron chi connectivity index (χ2n) is 6.42. The predicted octanol–water partition coefficient (Wildman–Crippen LogP) is 2.32. The molecule has 2 heterocycles. The van der Waals surface area contributed by atoms with Gasteiger partial charge < -0.3 is 14.5 Å². The summed E-state index contributed by atoms with van der Waals surface area (Å²) < 4.78 is 5.38. The monoisotopic (exact) mass is 302 g/mol. The Bertz CT molecular complexity index is 593. The number of nitrogens with zero attached hydrogens (tertiary/aromatic N) is 4. The molecule has 1 aromatic rings. The molecule has 1 aromatic heterocycles. The molecule has 22 heavy (non-hydrogen) atoms. The van der Waals surface area contributed by atoms with Crippen LogP contribution in [0.3, 0.4) is 0 Å². The van der Waals surface area contributed by atoms with E-state index in [4.69, 9.17) is 10.00 Å². The summed E-state index contributed by atoms with van der Waals surface area (Å²) in [6.07, 6.45) is 1.33. The Kier molecular flexibility index (Phi) is 4.55. The number of amides is 1. The van der Waals surface area contributed by atoms with Crippen LogP contribution >= 0.6 is 0 Å². The van der Waals surface area contributed by atoms with Crippen molar-refractivity contribution in [2.75, 3.05) is 31.1 Å². The molecule has 0 radical (unpaired) electrons. The Labute approximate surface area is 131 Å². The number of aromatic nitrogens is 1. The van der Waals surface area contributed by atoms with Gasteiger partial charge >= 0.3 is 6.09 Å². The molecule has 6 heteroatoms. The first-order valence-electron chi connectivity index (χ1n) is 7.40. The van der Waals surface area contributed by atoms with Gasteiger partial charge in [-0.3, -0.25) is 0 Å². The second kappa shape index (κ2) is 6.22. The van der Waals surface area contributed by atoms with E-state index >= 15 is 0 Å². The number of piperazine rings is 1. The smallest absolute Gasteiger partial charge is 0.410 e. The summed E-state index contributed by atoms with van der Waals surface area (Å²) in [5.74, 6) is 0.848. The van der Waals surface area contributed by atoms with Crippen LogP contribution in [0.15, 0.2) is 12.3 Å². The summed E-state index contributed by atoms with van der Waals surface area (Å²) >= 11 is 0. The van der Waals surface area contributed by atoms with Crippen molar-refractivity contribution in [1.82, 2.24) is 9.88 Å². The van der Waals surface area contributed by atoms with Crippen molar-refractivity contribution in [3.05, 3.63) is 23.4 Å². The summed E-state index contributed by atoms with van der Waals surface area (Å²) in [6.45, 7) is 10.1. The van der Waals surface area contributed by atoms with E-state index in [0.717, 1.165) is 11.4 Å². The SMILES string of the molecule is Cc1cc(N2CCN(C(=O)OC(C)(C)C)CC2)ncc1C#N. The summed E-state index contributed by atoms with van der Waals surface area (Å²) in [4.78, 5) is 20.2. The van der Waals surface area contributed by atoms with Crippen LogP contribution in [0, 0.1) is 18.3 Å². The van der Waals surface area contributed by atoms with Gasteiger partial charge in [-0.1, -0.05) is 0 Å². The maximum Gasteiger partial charge on any atom is 0.410 e. The molecule has 6 nitrogen and oxygen atoms in total. The lowest BCUT2D eigenvalue weighted by Crippen LogP contribution is -2.50. The van der Waals surface area contributed by atoms with Crippen LogP contribution in [0.1, 0.15) is 31.9 Å². The topological polar surface area (TPSA) is 69.5 Å². The first kappa shape index (κ1) is 16.1. The number of nitriles is 1. The van der Waals surface area contributed by atoms with E-state index < -0.39 is 5.60 Å². The third-order valence-corrected chi connectivity index (χ3v) is 3.47. The Balaban J connectivity index is 1.96. The molecule has 1 aliphatic rings. The lowest BCUT2D eigenvalue weighted by atomic mass is 10.1. The highest BCUT2D eigenvalue weighted by Gasteiger charge is 2.26. The molecular formula is C16H22N4O2. The largest absolute Gasteiger partial charge is 0.444 e. The van der Waals surface area contributed by atoms with E-state index in [1.807, 2.05) is 33.8 Å². The fourth-order valence-electron chi connectivity index (χ4n) is 2.28. The van der Waals surface area contributed by atoms with Gasteiger partial charge in [0.2, 0.25) is 0 Å². The first-order chi connectivity index (χ1) is 10.3. The van der Waals surface area contributed by atoms with Gasteiger partial charge in [-0.2, -0.15) is 5.26 Å². The predicted molar refractivity (Wildman–Crippen MR) is 83.7 cm³/mol. The Morgan fingerprint density at radius 1 is 1.32 bits per heavy atom. The van der Waals surface area contributed by atoms with Crippen molar-refractivity contribution in [2.45, 2.75) is 33.3 Å². The number of aryl methyl sites for hydroxylation is 1. The molecule has 0 bridgehead atoms. The molecule has 0 unspecified atom stereocenters. The number of rotatable bonds is 1. The zero-order chi connectivity index (χ0) is 16.3. The molecule has 1 amide bonds. The van der Waals surface area contributed by atoms with Gasteiger partial charge in [0.25, 0.3) is 0 Å². The fraction of sp³-hybridized carbons (Fsp3) is 0.562. The van der Waals surface area contributed by atoms with Crippen LogP contribution in [0.2, 0.25) is 0 Å². The minimum atomic E-state index is -0.472. The fourth-order valence-corrected chi connectivity index (χ4v) is 2.28. The molecule has 0 aromatic carbocycles. The zero-order valence-electron chi connectivity index (χ0n) is 13.6. The third kappa shape index (κ3) is 3.88. The van der Waals surface area contributed by atoms with Gasteiger partial charge in [0.1, 0.15) is 17.5 Å². The van der Waals surface area contributed by atoms with E-state index in [9.17, 15) is 4.79 Å². The summed E-state index contributed by atoms with van der Waals surface area (Å²) in [5, 5.41) is 8.95. The molecule has 1 aliphatic heterocycles. The quantitative estimate of drug-likeness (QED) is 0.796. The molecule has 0 saturated carbocycles. The van der Waals surface area contributed by atoms with Crippen LogP contribution in [0.4, 0.5) is 10.6 Å². The normalized spacial score (nSPS) is 15.4. The molecule has 118 valence electrons. The van der Waals surface area contributed by atoms with Crippen LogP contribution < -0.4 is 4.90 Å². The van der Waals surface area contributed by atoms with Gasteiger partial charge in [0, 0.05) is 32.4 Å². The number of hydrogen-bond donors (Lipinski definition) is 0. The van der Waals surface area contributed by atoms with E-state index in [0.29, 0.717) is 31.7 Å². The minimum absolute atomic E-state index is 0.267. The summed E-state index contributed by atoms with van der Waals surface area (Å²) in [5.41, 5.74) is 1.04. The standard InChI is InChI=1S/C16H22N4O2/c1-12-9-14(18-11-13(12)10-17)19-5-7-20(8-6-19)15(21)22-16(2,3)4/h9,11H,5-8H2,1-4H3. The van der Waals surface area contributed by atoms with Crippen molar-refractivity contribution in [3.63, 3.8) is 0 Å². The Hall–Kier alpha value is -2.29. The number of carbonyl (C=O) groups is 1. The molecular weight excluding hydrogens is 280 g/mol. The summed E-state index contributed by atoms with van der Waals surface area (Å²) in [6, 6.07) is 4.04. The lowest BCUT2D eigenvalue weighted by Gasteiger charge is -2.36. The third-order valence-electron chi connectivity index (χ3n) is 3.47. The van der Waals surface area contributed by atoms with Crippen LogP contribution in [0.5, 0.6) is 0 Å². The highest BCUT2D eigenvalue weighted by molar-refractivity contribution is 5.68. The number of pyridine rings is 1. The van der Waals surface area contributed by atoms with E-state index in [-0.39, 0.29) is 6.09 Å². The van der Waals surface area contributed by atoms with Crippen molar-refractivity contribution in [1.29, 1.82) is 5.26 Å². The van der Waals surface area contributed by atoms with Gasteiger partial charge in [-0.15, -0.1) is 0 Å². The van der Waals surface area contributed by atoms with E-state index in [2.05, 4.69) is 16.0 Å². The number of hydrogen-bond acceptors (Lipinski definition) is 5. The van der Waals surface area contributed by atoms with Crippen molar-refractivity contribution < 1.29 is 9.53 Å². The van der Waals surface area contributed by atoms with Gasteiger partial charge in [-0.05, 0) is 39.3 Å². The van der Waals surface area contributed by atoms with E-state index in [1.165, 1.54) is 0 Å². The van der Waals surface area contributed by atoms with Crippen LogP contribution in [-0.4, -0.2) is 47.8 Å². The van der Waals surface area contributed by atoms with Crippen LogP contribution in [0.25, 0.3) is 0 Å². The second-order valence-corrected chi connectivity index (χ2v) is 6.42. The van der Waals surface area contributed by atoms with Crippen LogP contribution in [-0.2, 0) is 4.74 Å². The molecule has 2 rings (SSSR count). The zero-order valence-corrected chi connectivity index (χ0v) is 13.6. The number of carbonyl (C=O) groups excluding carboxylic acids is 1. The number of ether oxygens (including phenoxy) is 1. The molecule has 1 fully saturated rings. The molecule has 0 atom stereocenters. The van der Waals surface area contributed by atoms with Gasteiger partial charge in [0.05, 0.1) is 5.56 Å². The van der Waals surface area contributed by atoms with Gasteiger partial charge in [-0.25, -0.2) is 9.78 Å². The molecule has 1 saturated heterocycles. The maximum absolute atomic E-state index is 12.0. The average molecular weight is 302 g/mol. The van der Waals surface area contributed by atoms with Gasteiger partial charge in [0.15, 0.2) is 0 Å². The molecule has 0 N–H and O–H groups in total. The highest BCUT2D eigenvalue weighted by Crippen LogP contribution is 2.18. The summed E-state index contributed by atoms with van der Waals surface area (Å²) in [7, 11) is 0. The average Bonchev–Trinajstić information content (AvgIpc) is 2.45.